The average molecular weight is 217 g/mol. The van der Waals surface area contributed by atoms with E-state index in [0.29, 0.717) is 5.84 Å². The molecule has 3 heteroatoms. The van der Waals surface area contributed by atoms with E-state index in [0.717, 1.165) is 11.4 Å². The Hall–Kier alpha value is -1.64. The fraction of sp³-hybridized carbons (Fsp3) is 0.385. The van der Waals surface area contributed by atoms with Crippen molar-refractivity contribution < 1.29 is 0 Å². The number of pyridine rings is 1. The smallest absolute Gasteiger partial charge is 0.0957 e. The summed E-state index contributed by atoms with van der Waals surface area (Å²) in [5, 5.41) is 0. The molecule has 0 spiro atoms. The van der Waals surface area contributed by atoms with Crippen LogP contribution in [0.1, 0.15) is 39.1 Å². The van der Waals surface area contributed by atoms with E-state index >= 15 is 0 Å². The summed E-state index contributed by atoms with van der Waals surface area (Å²) in [5.74, 6) is 0.545. The van der Waals surface area contributed by atoms with Gasteiger partial charge in [-0.15, -0.1) is 0 Å². The molecule has 1 heterocycles. The lowest BCUT2D eigenvalue weighted by Crippen LogP contribution is -2.13. The van der Waals surface area contributed by atoms with Crippen LogP contribution < -0.4 is 5.73 Å². The zero-order valence-electron chi connectivity index (χ0n) is 10.4. The van der Waals surface area contributed by atoms with Crippen LogP contribution in [0.15, 0.2) is 29.4 Å². The number of aliphatic imine (C=N–C) groups is 1. The van der Waals surface area contributed by atoms with Gasteiger partial charge in [0, 0.05) is 17.3 Å². The van der Waals surface area contributed by atoms with E-state index in [2.05, 4.69) is 30.7 Å². The van der Waals surface area contributed by atoms with Gasteiger partial charge >= 0.3 is 0 Å². The molecule has 1 aromatic rings. The molecule has 0 unspecified atom stereocenters. The third-order valence-electron chi connectivity index (χ3n) is 2.06. The Balaban J connectivity index is 2.92. The molecule has 0 aliphatic heterocycles. The van der Waals surface area contributed by atoms with Crippen molar-refractivity contribution in [2.24, 2.45) is 10.7 Å². The largest absolute Gasteiger partial charge is 0.387 e. The molecule has 86 valence electrons. The summed E-state index contributed by atoms with van der Waals surface area (Å²) in [6.45, 7) is 8.18. The number of hydrogen-bond donors (Lipinski definition) is 1. The van der Waals surface area contributed by atoms with Crippen LogP contribution in [0.25, 0.3) is 6.08 Å². The van der Waals surface area contributed by atoms with Crippen molar-refractivity contribution in [3.63, 3.8) is 0 Å². The third-order valence-corrected chi connectivity index (χ3v) is 2.06. The first-order valence-corrected chi connectivity index (χ1v) is 5.33. The number of aromatic nitrogens is 1. The van der Waals surface area contributed by atoms with Crippen molar-refractivity contribution in [3.05, 3.63) is 35.8 Å². The lowest BCUT2D eigenvalue weighted by Gasteiger charge is -2.17. The van der Waals surface area contributed by atoms with Crippen molar-refractivity contribution in [2.45, 2.75) is 33.1 Å². The maximum atomic E-state index is 5.43. The minimum atomic E-state index is 0.0664. The van der Waals surface area contributed by atoms with Crippen LogP contribution >= 0.6 is 0 Å². The molecule has 0 aliphatic carbocycles. The molecule has 3 nitrogen and oxygen atoms in total. The molecule has 0 saturated heterocycles. The number of amidine groups is 1. The minimum absolute atomic E-state index is 0.0664. The van der Waals surface area contributed by atoms with Gasteiger partial charge in [0.1, 0.15) is 0 Å². The Kier molecular flexibility index (Phi) is 3.82. The van der Waals surface area contributed by atoms with Crippen molar-refractivity contribution >= 4 is 11.9 Å². The van der Waals surface area contributed by atoms with Crippen LogP contribution in [0.5, 0.6) is 0 Å². The minimum Gasteiger partial charge on any atom is -0.387 e. The van der Waals surface area contributed by atoms with Gasteiger partial charge in [-0.1, -0.05) is 26.8 Å². The molecule has 0 aromatic carbocycles. The van der Waals surface area contributed by atoms with E-state index in [9.17, 15) is 0 Å². The second kappa shape index (κ2) is 4.92. The predicted molar refractivity (Wildman–Crippen MR) is 69.3 cm³/mol. The van der Waals surface area contributed by atoms with E-state index in [1.54, 1.807) is 13.1 Å². The van der Waals surface area contributed by atoms with E-state index in [1.165, 1.54) is 0 Å². The van der Waals surface area contributed by atoms with Gasteiger partial charge in [0.25, 0.3) is 0 Å². The standard InChI is InChI=1S/C13H19N3/c1-10(14)15-9-8-11-6-5-7-12(16-11)13(2,3)4/h5-9H,1-4H3,(H2,14,15)/b9-8-. The molecule has 0 saturated carbocycles. The highest BCUT2D eigenvalue weighted by Crippen LogP contribution is 2.20. The van der Waals surface area contributed by atoms with Gasteiger partial charge in [-0.05, 0) is 25.1 Å². The first-order valence-electron chi connectivity index (χ1n) is 5.33. The molecule has 16 heavy (non-hydrogen) atoms. The van der Waals surface area contributed by atoms with Crippen LogP contribution in [0, 0.1) is 0 Å². The monoisotopic (exact) mass is 217 g/mol. The molecule has 0 amide bonds. The van der Waals surface area contributed by atoms with Crippen molar-refractivity contribution in [3.8, 4) is 0 Å². The van der Waals surface area contributed by atoms with Gasteiger partial charge in [-0.2, -0.15) is 0 Å². The second-order valence-electron chi connectivity index (χ2n) is 4.78. The molecule has 2 N–H and O–H groups in total. The molecule has 0 bridgehead atoms. The normalized spacial score (nSPS) is 13.4. The molecule has 0 fully saturated rings. The van der Waals surface area contributed by atoms with Crippen LogP contribution in [0.3, 0.4) is 0 Å². The fourth-order valence-corrected chi connectivity index (χ4v) is 1.19. The van der Waals surface area contributed by atoms with E-state index in [4.69, 9.17) is 5.73 Å². The summed E-state index contributed by atoms with van der Waals surface area (Å²) in [4.78, 5) is 8.53. The van der Waals surface area contributed by atoms with Crippen molar-refractivity contribution in [1.29, 1.82) is 0 Å². The maximum Gasteiger partial charge on any atom is 0.0957 e. The first kappa shape index (κ1) is 12.4. The summed E-state index contributed by atoms with van der Waals surface area (Å²) in [5.41, 5.74) is 7.47. The van der Waals surface area contributed by atoms with Crippen molar-refractivity contribution in [1.82, 2.24) is 4.98 Å². The van der Waals surface area contributed by atoms with E-state index < -0.39 is 0 Å². The molecular formula is C13H19N3. The van der Waals surface area contributed by atoms with Crippen molar-refractivity contribution in [2.75, 3.05) is 0 Å². The summed E-state index contributed by atoms with van der Waals surface area (Å²) in [7, 11) is 0. The Morgan fingerprint density at radius 2 is 2.06 bits per heavy atom. The lowest BCUT2D eigenvalue weighted by atomic mass is 9.91. The second-order valence-corrected chi connectivity index (χ2v) is 4.78. The Labute approximate surface area is 97.1 Å². The molecular weight excluding hydrogens is 198 g/mol. The SMILES string of the molecule is CC(N)=N/C=C\c1cccc(C(C)(C)C)n1. The highest BCUT2D eigenvalue weighted by Gasteiger charge is 2.14. The highest BCUT2D eigenvalue weighted by molar-refractivity contribution is 5.78. The molecule has 0 aliphatic rings. The van der Waals surface area contributed by atoms with E-state index in [-0.39, 0.29) is 5.41 Å². The molecule has 0 atom stereocenters. The number of nitrogens with zero attached hydrogens (tertiary/aromatic N) is 2. The molecule has 0 radical (unpaired) electrons. The number of hydrogen-bond acceptors (Lipinski definition) is 2. The third kappa shape index (κ3) is 3.85. The topological polar surface area (TPSA) is 51.3 Å². The first-order chi connectivity index (χ1) is 7.39. The summed E-state index contributed by atoms with van der Waals surface area (Å²) in [6.07, 6.45) is 3.52. The summed E-state index contributed by atoms with van der Waals surface area (Å²) >= 11 is 0. The van der Waals surface area contributed by atoms with Gasteiger partial charge in [0.05, 0.1) is 11.5 Å². The Morgan fingerprint density at radius 1 is 1.38 bits per heavy atom. The van der Waals surface area contributed by atoms with Gasteiger partial charge in [-0.25, -0.2) is 4.99 Å². The van der Waals surface area contributed by atoms with Crippen LogP contribution in [-0.2, 0) is 5.41 Å². The van der Waals surface area contributed by atoms with Crippen LogP contribution in [0.2, 0.25) is 0 Å². The summed E-state index contributed by atoms with van der Waals surface area (Å²) < 4.78 is 0. The van der Waals surface area contributed by atoms with Gasteiger partial charge in [0.2, 0.25) is 0 Å². The number of rotatable bonds is 2. The molecule has 1 aromatic heterocycles. The van der Waals surface area contributed by atoms with E-state index in [1.807, 2.05) is 24.3 Å². The lowest BCUT2D eigenvalue weighted by molar-refractivity contribution is 0.568. The van der Waals surface area contributed by atoms with Gasteiger partial charge in [-0.3, -0.25) is 4.98 Å². The average Bonchev–Trinajstić information content (AvgIpc) is 2.16. The maximum absolute atomic E-state index is 5.43. The van der Waals surface area contributed by atoms with Crippen LogP contribution in [0.4, 0.5) is 0 Å². The zero-order valence-corrected chi connectivity index (χ0v) is 10.4. The van der Waals surface area contributed by atoms with Crippen LogP contribution in [-0.4, -0.2) is 10.8 Å². The Morgan fingerprint density at radius 3 is 2.62 bits per heavy atom. The fourth-order valence-electron chi connectivity index (χ4n) is 1.19. The van der Waals surface area contributed by atoms with Gasteiger partial charge < -0.3 is 5.73 Å². The summed E-state index contributed by atoms with van der Waals surface area (Å²) in [6, 6.07) is 5.99. The Bertz CT molecular complexity index is 407. The highest BCUT2D eigenvalue weighted by atomic mass is 14.8. The number of nitrogens with two attached hydrogens (primary N) is 1. The quantitative estimate of drug-likeness (QED) is 0.611. The molecule has 1 rings (SSSR count). The zero-order chi connectivity index (χ0) is 12.2. The predicted octanol–water partition coefficient (Wildman–Crippen LogP) is 2.73. The van der Waals surface area contributed by atoms with Gasteiger partial charge in [0.15, 0.2) is 0 Å².